The number of hydrogen-bond donors (Lipinski definition) is 0. The Bertz CT molecular complexity index is 1030. The van der Waals surface area contributed by atoms with Gasteiger partial charge in [0.15, 0.2) is 5.12 Å². The minimum absolute atomic E-state index is 0.00964. The maximum absolute atomic E-state index is 13.5. The van der Waals surface area contributed by atoms with Crippen LogP contribution in [0.4, 0.5) is 0 Å². The number of rotatable bonds is 9. The zero-order valence-corrected chi connectivity index (χ0v) is 22.6. The van der Waals surface area contributed by atoms with Crippen molar-refractivity contribution in [1.29, 1.82) is 0 Å². The number of benzene rings is 2. The van der Waals surface area contributed by atoms with Gasteiger partial charge in [-0.2, -0.15) is 4.31 Å². The van der Waals surface area contributed by atoms with Gasteiger partial charge in [0.25, 0.3) is 0 Å². The first kappa shape index (κ1) is 29.2. The summed E-state index contributed by atoms with van der Waals surface area (Å²) in [5.74, 6) is 0.597. The molecule has 192 valence electrons. The molecule has 1 aliphatic heterocycles. The normalized spacial score (nSPS) is 15.2. The minimum atomic E-state index is -3.70. The van der Waals surface area contributed by atoms with E-state index in [1.807, 2.05) is 49.4 Å². The molecule has 1 fully saturated rings. The molecule has 9 heteroatoms. The number of ketones is 1. The van der Waals surface area contributed by atoms with E-state index in [9.17, 15) is 18.0 Å². The quantitative estimate of drug-likeness (QED) is 0.495. The molecule has 0 amide bonds. The number of sulfonamides is 1. The molecule has 2 aromatic carbocycles. The van der Waals surface area contributed by atoms with E-state index in [1.165, 1.54) is 25.1 Å². The number of thioether (sulfide) groups is 1. The van der Waals surface area contributed by atoms with Gasteiger partial charge in [-0.25, -0.2) is 8.42 Å². The van der Waals surface area contributed by atoms with Crippen LogP contribution >= 0.6 is 11.8 Å². The zero-order valence-electron chi connectivity index (χ0n) is 21.0. The predicted octanol–water partition coefficient (Wildman–Crippen LogP) is 3.94. The highest BCUT2D eigenvalue weighted by Gasteiger charge is 2.30. The number of Topliss-reactive ketones (excluding diaryl/α,β-unsaturated/α-hetero) is 1. The molecule has 0 unspecified atom stereocenters. The third-order valence-corrected chi connectivity index (χ3v) is 8.41. The Morgan fingerprint density at radius 2 is 1.51 bits per heavy atom. The average Bonchev–Trinajstić information content (AvgIpc) is 2.83. The second-order valence-electron chi connectivity index (χ2n) is 8.52. The van der Waals surface area contributed by atoms with E-state index >= 15 is 0 Å². The van der Waals surface area contributed by atoms with Crippen LogP contribution in [0.2, 0.25) is 0 Å². The molecule has 7 nitrogen and oxygen atoms in total. The lowest BCUT2D eigenvalue weighted by Gasteiger charge is -2.32. The molecule has 1 heterocycles. The summed E-state index contributed by atoms with van der Waals surface area (Å²) in [5.41, 5.74) is 2.02. The monoisotopic (exact) mass is 520 g/mol. The Balaban J connectivity index is 0.00000100. The van der Waals surface area contributed by atoms with Crippen molar-refractivity contribution in [2.75, 3.05) is 45.1 Å². The summed E-state index contributed by atoms with van der Waals surface area (Å²) in [5, 5.41) is -0.00964. The van der Waals surface area contributed by atoms with Gasteiger partial charge in [0.2, 0.25) is 10.0 Å². The fourth-order valence-corrected chi connectivity index (χ4v) is 5.92. The summed E-state index contributed by atoms with van der Waals surface area (Å²) in [7, 11) is -3.70. The van der Waals surface area contributed by atoms with Gasteiger partial charge in [-0.05, 0) is 44.0 Å². The Hall–Kier alpha value is -2.04. The van der Waals surface area contributed by atoms with Crippen LogP contribution in [-0.4, -0.2) is 79.7 Å². The van der Waals surface area contributed by atoms with Gasteiger partial charge in [0, 0.05) is 44.9 Å². The molecule has 0 radical (unpaired) electrons. The van der Waals surface area contributed by atoms with Crippen LogP contribution in [0.3, 0.4) is 0 Å². The lowest BCUT2D eigenvalue weighted by molar-refractivity contribution is -0.115. The summed E-state index contributed by atoms with van der Waals surface area (Å²) in [6, 6.07) is 16.6. The second-order valence-corrected chi connectivity index (χ2v) is 11.6. The van der Waals surface area contributed by atoms with Crippen LogP contribution in [-0.2, 0) is 24.3 Å². The molecular formula is C26H36N2O5S2. The SMILES string of the molecule is CC(=O)SC[C@H](C)N(CCN1CCOCC1)S(=O)(=O)c1ccc(-c2ccccc2)cc1.CC(C)=O. The molecule has 1 saturated heterocycles. The Labute approximate surface area is 213 Å². The number of carbonyl (C=O) groups excluding carboxylic acids is 2. The third-order valence-electron chi connectivity index (χ3n) is 5.33. The number of ether oxygens (including phenoxy) is 1. The molecule has 0 N–H and O–H groups in total. The van der Waals surface area contributed by atoms with Crippen molar-refractivity contribution in [2.45, 2.75) is 38.6 Å². The predicted molar refractivity (Wildman–Crippen MR) is 142 cm³/mol. The molecule has 0 aliphatic carbocycles. The Morgan fingerprint density at radius 3 is 2.06 bits per heavy atom. The maximum Gasteiger partial charge on any atom is 0.243 e. The lowest BCUT2D eigenvalue weighted by Crippen LogP contribution is -2.46. The number of nitrogens with zero attached hydrogens (tertiary/aromatic N) is 2. The first-order chi connectivity index (χ1) is 16.6. The van der Waals surface area contributed by atoms with Crippen molar-refractivity contribution in [2.24, 2.45) is 0 Å². The van der Waals surface area contributed by atoms with Gasteiger partial charge in [0.05, 0.1) is 18.1 Å². The largest absolute Gasteiger partial charge is 0.379 e. The number of hydrogen-bond acceptors (Lipinski definition) is 7. The van der Waals surface area contributed by atoms with Crippen molar-refractivity contribution >= 4 is 32.7 Å². The molecule has 0 bridgehead atoms. The van der Waals surface area contributed by atoms with Crippen LogP contribution in [0.5, 0.6) is 0 Å². The van der Waals surface area contributed by atoms with Crippen molar-refractivity contribution in [3.63, 3.8) is 0 Å². The number of morpholine rings is 1. The van der Waals surface area contributed by atoms with Gasteiger partial charge in [-0.3, -0.25) is 9.69 Å². The molecule has 0 spiro atoms. The van der Waals surface area contributed by atoms with Crippen LogP contribution in [0.1, 0.15) is 27.7 Å². The fraction of sp³-hybridized carbons (Fsp3) is 0.462. The molecular weight excluding hydrogens is 484 g/mol. The Kier molecular flexibility index (Phi) is 12.1. The Morgan fingerprint density at radius 1 is 0.971 bits per heavy atom. The average molecular weight is 521 g/mol. The third kappa shape index (κ3) is 9.85. The van der Waals surface area contributed by atoms with Gasteiger partial charge >= 0.3 is 0 Å². The minimum Gasteiger partial charge on any atom is -0.379 e. The van der Waals surface area contributed by atoms with E-state index in [0.29, 0.717) is 32.1 Å². The van der Waals surface area contributed by atoms with Crippen LogP contribution in [0.25, 0.3) is 11.1 Å². The molecule has 35 heavy (non-hydrogen) atoms. The van der Waals surface area contributed by atoms with Crippen molar-refractivity contribution in [3.05, 3.63) is 54.6 Å². The van der Waals surface area contributed by atoms with Crippen molar-refractivity contribution < 1.29 is 22.7 Å². The highest BCUT2D eigenvalue weighted by Crippen LogP contribution is 2.25. The van der Waals surface area contributed by atoms with E-state index in [-0.39, 0.29) is 21.8 Å². The van der Waals surface area contributed by atoms with Crippen molar-refractivity contribution in [1.82, 2.24) is 9.21 Å². The van der Waals surface area contributed by atoms with Crippen molar-refractivity contribution in [3.8, 4) is 11.1 Å². The molecule has 0 aromatic heterocycles. The van der Waals surface area contributed by atoms with Gasteiger partial charge in [0.1, 0.15) is 5.78 Å². The second kappa shape index (κ2) is 14.5. The van der Waals surface area contributed by atoms with E-state index < -0.39 is 10.0 Å². The van der Waals surface area contributed by atoms with Gasteiger partial charge in [-0.15, -0.1) is 0 Å². The lowest BCUT2D eigenvalue weighted by atomic mass is 10.1. The van der Waals surface area contributed by atoms with Crippen LogP contribution in [0.15, 0.2) is 59.5 Å². The summed E-state index contributed by atoms with van der Waals surface area (Å²) < 4.78 is 34.0. The first-order valence-corrected chi connectivity index (χ1v) is 14.1. The summed E-state index contributed by atoms with van der Waals surface area (Å²) >= 11 is 1.16. The van der Waals surface area contributed by atoms with Crippen LogP contribution in [0, 0.1) is 0 Å². The van der Waals surface area contributed by atoms with Crippen LogP contribution < -0.4 is 0 Å². The van der Waals surface area contributed by atoms with E-state index in [4.69, 9.17) is 4.74 Å². The zero-order chi connectivity index (χ0) is 25.8. The number of carbonyl (C=O) groups is 2. The van der Waals surface area contributed by atoms with E-state index in [2.05, 4.69) is 4.90 Å². The first-order valence-electron chi connectivity index (χ1n) is 11.7. The molecule has 1 atom stereocenters. The molecule has 0 saturated carbocycles. The maximum atomic E-state index is 13.5. The molecule has 1 aliphatic rings. The highest BCUT2D eigenvalue weighted by atomic mass is 32.2. The smallest absolute Gasteiger partial charge is 0.243 e. The van der Waals surface area contributed by atoms with E-state index in [1.54, 1.807) is 12.1 Å². The standard InChI is InChI=1S/C23H30N2O4S2.C3H6O/c1-19(18-30-20(2)26)25(13-12-24-14-16-29-17-15-24)31(27,28)23-10-8-22(9-11-23)21-6-4-3-5-7-21;1-3(2)4/h3-11,19H,12-18H2,1-2H3;1-2H3/t19-;/m0./s1. The molecule has 2 aromatic rings. The highest BCUT2D eigenvalue weighted by molar-refractivity contribution is 8.13. The summed E-state index contributed by atoms with van der Waals surface area (Å²) in [4.78, 5) is 23.4. The topological polar surface area (TPSA) is 84.0 Å². The fourth-order valence-electron chi connectivity index (χ4n) is 3.55. The summed E-state index contributed by atoms with van der Waals surface area (Å²) in [6.45, 7) is 10.4. The van der Waals surface area contributed by atoms with E-state index in [0.717, 1.165) is 36.0 Å². The van der Waals surface area contributed by atoms with Gasteiger partial charge < -0.3 is 9.53 Å². The molecule has 3 rings (SSSR count). The van der Waals surface area contributed by atoms with Gasteiger partial charge in [-0.1, -0.05) is 54.2 Å². The summed E-state index contributed by atoms with van der Waals surface area (Å²) in [6.07, 6.45) is 0.